The zero-order valence-electron chi connectivity index (χ0n) is 18.9. The summed E-state index contributed by atoms with van der Waals surface area (Å²) in [5.74, 6) is -1.42. The molecule has 0 aliphatic carbocycles. The van der Waals surface area contributed by atoms with E-state index in [0.717, 1.165) is 19.3 Å². The summed E-state index contributed by atoms with van der Waals surface area (Å²) in [6.07, 6.45) is 7.80. The molecule has 1 fully saturated rings. The molecule has 10 nitrogen and oxygen atoms in total. The lowest BCUT2D eigenvalue weighted by Crippen LogP contribution is -2.49. The van der Waals surface area contributed by atoms with E-state index in [9.17, 15) is 14.0 Å². The van der Waals surface area contributed by atoms with Gasteiger partial charge >= 0.3 is 6.01 Å². The van der Waals surface area contributed by atoms with Gasteiger partial charge in [-0.25, -0.2) is 24.3 Å². The number of nitrogens with two attached hydrogens (primary N) is 1. The third-order valence-corrected chi connectivity index (χ3v) is 5.63. The van der Waals surface area contributed by atoms with Crippen molar-refractivity contribution in [1.29, 1.82) is 0 Å². The van der Waals surface area contributed by atoms with Gasteiger partial charge in [0.2, 0.25) is 5.91 Å². The molecule has 1 atom stereocenters. The molecule has 3 heterocycles. The summed E-state index contributed by atoms with van der Waals surface area (Å²) in [6, 6.07) is 5.55. The predicted octanol–water partition coefficient (Wildman–Crippen LogP) is 2.74. The lowest BCUT2D eigenvalue weighted by Gasteiger charge is -2.36. The first-order valence-corrected chi connectivity index (χ1v) is 11.0. The van der Waals surface area contributed by atoms with Gasteiger partial charge in [0.15, 0.2) is 11.6 Å². The Morgan fingerprint density at radius 2 is 2.03 bits per heavy atom. The summed E-state index contributed by atoms with van der Waals surface area (Å²) < 4.78 is 20.3. The summed E-state index contributed by atoms with van der Waals surface area (Å²) in [7, 11) is 0. The van der Waals surface area contributed by atoms with Gasteiger partial charge in [-0.2, -0.15) is 0 Å². The van der Waals surface area contributed by atoms with Crippen LogP contribution < -0.4 is 15.8 Å². The second kappa shape index (κ2) is 10.7. The Bertz CT molecular complexity index is 1240. The number of carbonyl (C=O) groups is 2. The molecule has 1 unspecified atom stereocenters. The van der Waals surface area contributed by atoms with Crippen molar-refractivity contribution in [2.45, 2.75) is 25.3 Å². The molecule has 2 aromatic heterocycles. The number of hydrogen-bond donors (Lipinski definition) is 2. The van der Waals surface area contributed by atoms with Crippen molar-refractivity contribution in [3.8, 4) is 22.9 Å². The van der Waals surface area contributed by atoms with Crippen LogP contribution in [0.25, 0.3) is 11.1 Å². The van der Waals surface area contributed by atoms with Crippen LogP contribution in [0.2, 0.25) is 0 Å². The molecule has 3 aromatic rings. The second-order valence-corrected chi connectivity index (χ2v) is 7.86. The van der Waals surface area contributed by atoms with Gasteiger partial charge in [-0.3, -0.25) is 9.59 Å². The number of ether oxygens (including phenoxy) is 1. The average molecular weight is 478 g/mol. The van der Waals surface area contributed by atoms with Crippen LogP contribution in [-0.2, 0) is 4.79 Å². The molecular formula is C24H24FN7O3. The number of piperidine rings is 1. The van der Waals surface area contributed by atoms with E-state index in [1.54, 1.807) is 17.0 Å². The van der Waals surface area contributed by atoms with Gasteiger partial charge < -0.3 is 20.7 Å². The third kappa shape index (κ3) is 5.40. The van der Waals surface area contributed by atoms with Crippen molar-refractivity contribution in [1.82, 2.24) is 30.2 Å². The molecule has 0 spiro atoms. The molecule has 4 rings (SSSR count). The Morgan fingerprint density at radius 3 is 2.77 bits per heavy atom. The predicted molar refractivity (Wildman–Crippen MR) is 126 cm³/mol. The Morgan fingerprint density at radius 1 is 1.23 bits per heavy atom. The fraction of sp³-hybridized carbons (Fsp3) is 0.250. The number of benzene rings is 1. The Kier molecular flexibility index (Phi) is 7.24. The Hall–Kier alpha value is -4.41. The number of hydrogen-bond acceptors (Lipinski definition) is 8. The molecule has 1 saturated heterocycles. The number of amides is 2. The van der Waals surface area contributed by atoms with Crippen LogP contribution in [0.4, 0.5) is 10.2 Å². The van der Waals surface area contributed by atoms with E-state index in [1.807, 2.05) is 0 Å². The zero-order chi connectivity index (χ0) is 24.8. The molecule has 35 heavy (non-hydrogen) atoms. The lowest BCUT2D eigenvalue weighted by molar-refractivity contribution is -0.116. The molecular weight excluding hydrogens is 453 g/mol. The third-order valence-electron chi connectivity index (χ3n) is 5.63. The number of anilines is 1. The second-order valence-electron chi connectivity index (χ2n) is 7.86. The van der Waals surface area contributed by atoms with Gasteiger partial charge in [0.1, 0.15) is 17.8 Å². The number of halogens is 1. The maximum Gasteiger partial charge on any atom is 0.321 e. The smallest absolute Gasteiger partial charge is 0.321 e. The van der Waals surface area contributed by atoms with Crippen LogP contribution in [-0.4, -0.2) is 55.8 Å². The summed E-state index contributed by atoms with van der Waals surface area (Å²) >= 11 is 0. The highest BCUT2D eigenvalue weighted by Gasteiger charge is 2.31. The molecule has 3 N–H and O–H groups in total. The summed E-state index contributed by atoms with van der Waals surface area (Å²) in [5, 5.41) is 2.75. The Balaban J connectivity index is 1.63. The standard InChI is InChI=1S/C24H24FN7O3/c1-2-19(33)29-13-16-6-3-4-11-32(16)23(34)21-20(22(26)31-14-30-21)15-7-8-18(17(25)12-15)35-24-27-9-5-10-28-24/h2,5,7-10,12,14,16H,1,3-4,6,11,13H2,(H,29,33)(H2,26,30,31). The number of nitrogens with one attached hydrogen (secondary N) is 1. The highest BCUT2D eigenvalue weighted by molar-refractivity contribution is 6.01. The summed E-state index contributed by atoms with van der Waals surface area (Å²) in [5.41, 5.74) is 6.71. The van der Waals surface area contributed by atoms with E-state index in [2.05, 4.69) is 31.8 Å². The van der Waals surface area contributed by atoms with E-state index >= 15 is 0 Å². The monoisotopic (exact) mass is 477 g/mol. The van der Waals surface area contributed by atoms with Crippen molar-refractivity contribution >= 4 is 17.6 Å². The highest BCUT2D eigenvalue weighted by atomic mass is 19.1. The van der Waals surface area contributed by atoms with Gasteiger partial charge in [0, 0.05) is 31.5 Å². The number of likely N-dealkylation sites (tertiary alicyclic amines) is 1. The Labute approximate surface area is 201 Å². The number of aromatic nitrogens is 4. The van der Waals surface area contributed by atoms with Crippen LogP contribution in [0, 0.1) is 5.82 Å². The number of carbonyl (C=O) groups excluding carboxylic acids is 2. The molecule has 1 aliphatic heterocycles. The minimum absolute atomic E-state index is 0.00254. The fourth-order valence-corrected chi connectivity index (χ4v) is 3.93. The molecule has 0 radical (unpaired) electrons. The summed E-state index contributed by atoms with van der Waals surface area (Å²) in [6.45, 7) is 4.23. The quantitative estimate of drug-likeness (QED) is 0.496. The van der Waals surface area contributed by atoms with E-state index in [0.29, 0.717) is 12.1 Å². The number of rotatable bonds is 7. The minimum Gasteiger partial charge on any atom is -0.421 e. The van der Waals surface area contributed by atoms with Gasteiger partial charge in [-0.05, 0) is 49.1 Å². The van der Waals surface area contributed by atoms with Crippen molar-refractivity contribution in [2.24, 2.45) is 0 Å². The van der Waals surface area contributed by atoms with Crippen molar-refractivity contribution in [3.05, 3.63) is 67.2 Å². The van der Waals surface area contributed by atoms with E-state index in [1.165, 1.54) is 36.9 Å². The van der Waals surface area contributed by atoms with Crippen molar-refractivity contribution in [3.63, 3.8) is 0 Å². The van der Waals surface area contributed by atoms with Crippen molar-refractivity contribution < 1.29 is 18.7 Å². The molecule has 0 saturated carbocycles. The van der Waals surface area contributed by atoms with Gasteiger partial charge in [0.05, 0.1) is 5.56 Å². The van der Waals surface area contributed by atoms with Gasteiger partial charge in [-0.15, -0.1) is 0 Å². The maximum absolute atomic E-state index is 14.9. The van der Waals surface area contributed by atoms with E-state index in [-0.39, 0.29) is 53.2 Å². The largest absolute Gasteiger partial charge is 0.421 e. The zero-order valence-corrected chi connectivity index (χ0v) is 18.9. The van der Waals surface area contributed by atoms with Crippen molar-refractivity contribution in [2.75, 3.05) is 18.8 Å². The van der Waals surface area contributed by atoms with E-state index in [4.69, 9.17) is 10.5 Å². The maximum atomic E-state index is 14.9. The van der Waals surface area contributed by atoms with Crippen LogP contribution in [0.1, 0.15) is 29.8 Å². The molecule has 2 amide bonds. The summed E-state index contributed by atoms with van der Waals surface area (Å²) in [4.78, 5) is 42.9. The van der Waals surface area contributed by atoms with Gasteiger partial charge in [0.25, 0.3) is 5.91 Å². The average Bonchev–Trinajstić information content (AvgIpc) is 2.88. The van der Waals surface area contributed by atoms with Crippen LogP contribution in [0.15, 0.2) is 55.6 Å². The molecule has 1 aliphatic rings. The minimum atomic E-state index is -0.695. The topological polar surface area (TPSA) is 136 Å². The van der Waals surface area contributed by atoms with Crippen LogP contribution in [0.5, 0.6) is 11.8 Å². The van der Waals surface area contributed by atoms with E-state index < -0.39 is 5.82 Å². The molecule has 180 valence electrons. The highest BCUT2D eigenvalue weighted by Crippen LogP contribution is 2.33. The molecule has 0 bridgehead atoms. The first kappa shape index (κ1) is 23.7. The number of nitrogen functional groups attached to an aromatic ring is 1. The van der Waals surface area contributed by atoms with Gasteiger partial charge in [-0.1, -0.05) is 12.6 Å². The SMILES string of the molecule is C=CC(=O)NCC1CCCCN1C(=O)c1ncnc(N)c1-c1ccc(Oc2ncccn2)c(F)c1. The molecule has 1 aromatic carbocycles. The van der Waals surface area contributed by atoms with Crippen LogP contribution in [0.3, 0.4) is 0 Å². The van der Waals surface area contributed by atoms with Crippen LogP contribution >= 0.6 is 0 Å². The lowest BCUT2D eigenvalue weighted by atomic mass is 9.99. The first-order valence-electron chi connectivity index (χ1n) is 11.0. The number of nitrogens with zero attached hydrogens (tertiary/aromatic N) is 5. The fourth-order valence-electron chi connectivity index (χ4n) is 3.93. The first-order chi connectivity index (χ1) is 17.0. The normalized spacial score (nSPS) is 15.3. The molecule has 11 heteroatoms.